The molecule has 0 aliphatic carbocycles. The summed E-state index contributed by atoms with van der Waals surface area (Å²) in [7, 11) is 0. The SMILES string of the molecule is CCOCCCC=NC(=O)OCC. The summed E-state index contributed by atoms with van der Waals surface area (Å²) in [5.41, 5.74) is 0. The molecule has 0 bridgehead atoms. The number of rotatable bonds is 6. The van der Waals surface area contributed by atoms with Crippen LogP contribution in [-0.2, 0) is 9.47 Å². The molecule has 0 spiro atoms. The molecule has 1 amide bonds. The highest BCUT2D eigenvalue weighted by atomic mass is 16.5. The topological polar surface area (TPSA) is 47.9 Å². The van der Waals surface area contributed by atoms with Crippen LogP contribution in [0.3, 0.4) is 0 Å². The lowest BCUT2D eigenvalue weighted by Gasteiger charge is -1.96. The summed E-state index contributed by atoms with van der Waals surface area (Å²) < 4.78 is 9.71. The van der Waals surface area contributed by atoms with Crippen LogP contribution < -0.4 is 0 Å². The maximum atomic E-state index is 10.7. The van der Waals surface area contributed by atoms with Gasteiger partial charge in [-0.05, 0) is 26.7 Å². The summed E-state index contributed by atoms with van der Waals surface area (Å²) in [6, 6.07) is 0. The van der Waals surface area contributed by atoms with E-state index in [1.54, 1.807) is 13.1 Å². The molecule has 4 nitrogen and oxygen atoms in total. The van der Waals surface area contributed by atoms with Gasteiger partial charge in [-0.1, -0.05) is 0 Å². The van der Waals surface area contributed by atoms with Gasteiger partial charge in [0.15, 0.2) is 0 Å². The molecule has 4 heteroatoms. The van der Waals surface area contributed by atoms with Crippen molar-refractivity contribution in [3.8, 4) is 0 Å². The monoisotopic (exact) mass is 187 g/mol. The summed E-state index contributed by atoms with van der Waals surface area (Å²) in [5, 5.41) is 0. The van der Waals surface area contributed by atoms with Gasteiger partial charge in [0.2, 0.25) is 0 Å². The van der Waals surface area contributed by atoms with Gasteiger partial charge in [0.05, 0.1) is 6.61 Å². The van der Waals surface area contributed by atoms with Crippen LogP contribution in [0.5, 0.6) is 0 Å². The van der Waals surface area contributed by atoms with Crippen molar-refractivity contribution in [2.45, 2.75) is 26.7 Å². The summed E-state index contributed by atoms with van der Waals surface area (Å²) in [6.45, 7) is 5.52. The molecule has 0 saturated carbocycles. The molecule has 76 valence electrons. The van der Waals surface area contributed by atoms with Gasteiger partial charge in [-0.25, -0.2) is 4.79 Å². The van der Waals surface area contributed by atoms with E-state index in [-0.39, 0.29) is 0 Å². The molecule has 0 unspecified atom stereocenters. The molecule has 0 N–H and O–H groups in total. The quantitative estimate of drug-likeness (QED) is 0.472. The van der Waals surface area contributed by atoms with E-state index in [2.05, 4.69) is 9.73 Å². The number of nitrogens with zero attached hydrogens (tertiary/aromatic N) is 1. The van der Waals surface area contributed by atoms with Crippen molar-refractivity contribution in [3.63, 3.8) is 0 Å². The molecule has 0 aromatic heterocycles. The third-order valence-electron chi connectivity index (χ3n) is 1.29. The smallest absolute Gasteiger partial charge is 0.433 e. The van der Waals surface area contributed by atoms with Crippen molar-refractivity contribution in [1.29, 1.82) is 0 Å². The predicted octanol–water partition coefficient (Wildman–Crippen LogP) is 2.03. The fraction of sp³-hybridized carbons (Fsp3) is 0.778. The number of unbranched alkanes of at least 4 members (excludes halogenated alkanes) is 1. The van der Waals surface area contributed by atoms with Crippen molar-refractivity contribution in [1.82, 2.24) is 0 Å². The second kappa shape index (κ2) is 9.19. The van der Waals surface area contributed by atoms with Crippen molar-refractivity contribution < 1.29 is 14.3 Å². The molecule has 0 saturated heterocycles. The van der Waals surface area contributed by atoms with E-state index in [1.807, 2.05) is 6.92 Å². The lowest BCUT2D eigenvalue weighted by Crippen LogP contribution is -1.98. The number of amides is 1. The first-order valence-corrected chi connectivity index (χ1v) is 4.58. The van der Waals surface area contributed by atoms with Crippen LogP contribution in [0.4, 0.5) is 4.79 Å². The third kappa shape index (κ3) is 9.01. The molecule has 0 radical (unpaired) electrons. The standard InChI is InChI=1S/C9H17NO3/c1-3-12-8-6-5-7-10-9(11)13-4-2/h7H,3-6,8H2,1-2H3. The van der Waals surface area contributed by atoms with Gasteiger partial charge in [-0.3, -0.25) is 0 Å². The number of ether oxygens (including phenoxy) is 2. The Morgan fingerprint density at radius 2 is 2.15 bits per heavy atom. The molecule has 0 aliphatic heterocycles. The third-order valence-corrected chi connectivity index (χ3v) is 1.29. The molecule has 0 fully saturated rings. The Hall–Kier alpha value is -0.900. The van der Waals surface area contributed by atoms with Crippen molar-refractivity contribution in [2.75, 3.05) is 19.8 Å². The van der Waals surface area contributed by atoms with E-state index in [9.17, 15) is 4.79 Å². The second-order valence-corrected chi connectivity index (χ2v) is 2.35. The van der Waals surface area contributed by atoms with Gasteiger partial charge < -0.3 is 9.47 Å². The Morgan fingerprint density at radius 1 is 1.38 bits per heavy atom. The Kier molecular flexibility index (Phi) is 8.55. The zero-order chi connectivity index (χ0) is 9.94. The largest absolute Gasteiger partial charge is 0.448 e. The first-order chi connectivity index (χ1) is 6.31. The summed E-state index contributed by atoms with van der Waals surface area (Å²) in [4.78, 5) is 14.3. The minimum Gasteiger partial charge on any atom is -0.448 e. The maximum Gasteiger partial charge on any atom is 0.433 e. The van der Waals surface area contributed by atoms with E-state index in [1.165, 1.54) is 0 Å². The van der Waals surface area contributed by atoms with Crippen LogP contribution in [-0.4, -0.2) is 32.1 Å². The average molecular weight is 187 g/mol. The Bertz CT molecular complexity index is 157. The highest BCUT2D eigenvalue weighted by molar-refractivity contribution is 5.79. The van der Waals surface area contributed by atoms with Crippen LogP contribution in [0.2, 0.25) is 0 Å². The number of carbonyl (C=O) groups excluding carboxylic acids is 1. The predicted molar refractivity (Wildman–Crippen MR) is 51.2 cm³/mol. The van der Waals surface area contributed by atoms with Crippen LogP contribution in [0.15, 0.2) is 4.99 Å². The molecule has 0 aromatic rings. The van der Waals surface area contributed by atoms with Gasteiger partial charge in [0, 0.05) is 19.4 Å². The summed E-state index contributed by atoms with van der Waals surface area (Å²) >= 11 is 0. The summed E-state index contributed by atoms with van der Waals surface area (Å²) in [6.07, 6.45) is 2.69. The highest BCUT2D eigenvalue weighted by Gasteiger charge is 1.93. The van der Waals surface area contributed by atoms with E-state index in [0.717, 1.165) is 19.4 Å². The van der Waals surface area contributed by atoms with Crippen LogP contribution >= 0.6 is 0 Å². The molecule has 13 heavy (non-hydrogen) atoms. The molecule has 0 rings (SSSR count). The Labute approximate surface area is 78.9 Å². The van der Waals surface area contributed by atoms with E-state index >= 15 is 0 Å². The minimum atomic E-state index is -0.515. The van der Waals surface area contributed by atoms with Crippen LogP contribution in [0, 0.1) is 0 Å². The molecule has 0 atom stereocenters. The van der Waals surface area contributed by atoms with Crippen molar-refractivity contribution in [3.05, 3.63) is 0 Å². The van der Waals surface area contributed by atoms with E-state index in [4.69, 9.17) is 4.74 Å². The molecule has 0 aliphatic rings. The molecular weight excluding hydrogens is 170 g/mol. The Morgan fingerprint density at radius 3 is 2.77 bits per heavy atom. The number of aliphatic imine (C=N–C) groups is 1. The molecular formula is C9H17NO3. The fourth-order valence-electron chi connectivity index (χ4n) is 0.721. The lowest BCUT2D eigenvalue weighted by molar-refractivity contribution is 0.146. The van der Waals surface area contributed by atoms with E-state index < -0.39 is 6.09 Å². The summed E-state index contributed by atoms with van der Waals surface area (Å²) in [5.74, 6) is 0. The Balaban J connectivity index is 3.25. The average Bonchev–Trinajstić information content (AvgIpc) is 2.11. The first kappa shape index (κ1) is 12.1. The van der Waals surface area contributed by atoms with Crippen molar-refractivity contribution in [2.24, 2.45) is 4.99 Å². The first-order valence-electron chi connectivity index (χ1n) is 4.58. The lowest BCUT2D eigenvalue weighted by atomic mass is 10.3. The van der Waals surface area contributed by atoms with Crippen LogP contribution in [0.1, 0.15) is 26.7 Å². The van der Waals surface area contributed by atoms with E-state index in [0.29, 0.717) is 13.2 Å². The zero-order valence-corrected chi connectivity index (χ0v) is 8.28. The van der Waals surface area contributed by atoms with Gasteiger partial charge in [-0.15, -0.1) is 0 Å². The normalized spacial score (nSPS) is 10.6. The fourth-order valence-corrected chi connectivity index (χ4v) is 0.721. The molecule has 0 aromatic carbocycles. The highest BCUT2D eigenvalue weighted by Crippen LogP contribution is 1.88. The van der Waals surface area contributed by atoms with Gasteiger partial charge in [0.1, 0.15) is 0 Å². The number of carbonyl (C=O) groups is 1. The van der Waals surface area contributed by atoms with Gasteiger partial charge in [-0.2, -0.15) is 4.99 Å². The van der Waals surface area contributed by atoms with Gasteiger partial charge in [0.25, 0.3) is 0 Å². The number of hydrogen-bond acceptors (Lipinski definition) is 3. The van der Waals surface area contributed by atoms with Crippen molar-refractivity contribution >= 4 is 12.3 Å². The maximum absolute atomic E-state index is 10.7. The van der Waals surface area contributed by atoms with Gasteiger partial charge >= 0.3 is 6.09 Å². The minimum absolute atomic E-state index is 0.370. The zero-order valence-electron chi connectivity index (χ0n) is 8.28. The number of hydrogen-bond donors (Lipinski definition) is 0. The molecule has 0 heterocycles. The second-order valence-electron chi connectivity index (χ2n) is 2.35. The van der Waals surface area contributed by atoms with Crippen LogP contribution in [0.25, 0.3) is 0 Å².